The lowest BCUT2D eigenvalue weighted by Gasteiger charge is -2.13. The molecule has 0 radical (unpaired) electrons. The first kappa shape index (κ1) is 14.6. The number of furan rings is 1. The highest BCUT2D eigenvalue weighted by molar-refractivity contribution is 5.75. The van der Waals surface area contributed by atoms with Crippen LogP contribution < -0.4 is 5.32 Å². The molecular weight excluding hydrogens is 268 g/mol. The number of hydrogen-bond acceptors (Lipinski definition) is 4. The third-order valence-corrected chi connectivity index (χ3v) is 4.64. The molecule has 3 rings (SSSR count). The normalized spacial score (nSPS) is 25.8. The van der Waals surface area contributed by atoms with Crippen LogP contribution in [0.2, 0.25) is 0 Å². The molecule has 1 aliphatic carbocycles. The molecular formula is C16H24N2O3. The summed E-state index contributed by atoms with van der Waals surface area (Å²) < 4.78 is 5.94. The van der Waals surface area contributed by atoms with Crippen molar-refractivity contribution < 1.29 is 14.3 Å². The van der Waals surface area contributed by atoms with Crippen LogP contribution in [0.4, 0.5) is 0 Å². The third-order valence-electron chi connectivity index (χ3n) is 4.64. The van der Waals surface area contributed by atoms with E-state index in [-0.39, 0.29) is 11.8 Å². The summed E-state index contributed by atoms with van der Waals surface area (Å²) >= 11 is 0. The lowest BCUT2D eigenvalue weighted by Crippen LogP contribution is -2.27. The maximum atomic E-state index is 11.5. The van der Waals surface area contributed by atoms with Gasteiger partial charge in [-0.15, -0.1) is 0 Å². The Morgan fingerprint density at radius 3 is 3.00 bits per heavy atom. The molecule has 1 saturated heterocycles. The summed E-state index contributed by atoms with van der Waals surface area (Å²) in [5, 5.41) is 12.7. The SMILES string of the molecule is CNC(=O)C[C@@H]1CN(Cc2cc3c(o2)CCCC3)C[C@H]1O. The standard InChI is InChI=1S/C16H24N2O3/c1-17-16(20)7-12-8-18(10-14(12)19)9-13-6-11-4-2-3-5-15(11)21-13/h6,12,14,19H,2-5,7-10H2,1H3,(H,17,20)/t12-,14-/m1/s1. The molecule has 2 heterocycles. The fourth-order valence-corrected chi connectivity index (χ4v) is 3.46. The monoisotopic (exact) mass is 292 g/mol. The van der Waals surface area contributed by atoms with Gasteiger partial charge in [0.1, 0.15) is 11.5 Å². The van der Waals surface area contributed by atoms with Crippen LogP contribution in [0.1, 0.15) is 36.3 Å². The van der Waals surface area contributed by atoms with Gasteiger partial charge >= 0.3 is 0 Å². The summed E-state index contributed by atoms with van der Waals surface area (Å²) in [6.45, 7) is 2.10. The van der Waals surface area contributed by atoms with Gasteiger partial charge in [-0.25, -0.2) is 0 Å². The minimum absolute atomic E-state index is 0.00522. The van der Waals surface area contributed by atoms with Crippen molar-refractivity contribution in [2.75, 3.05) is 20.1 Å². The van der Waals surface area contributed by atoms with Crippen molar-refractivity contribution in [1.82, 2.24) is 10.2 Å². The van der Waals surface area contributed by atoms with Gasteiger partial charge in [0, 0.05) is 38.9 Å². The molecule has 5 heteroatoms. The molecule has 0 aromatic carbocycles. The summed E-state index contributed by atoms with van der Waals surface area (Å²) in [7, 11) is 1.63. The quantitative estimate of drug-likeness (QED) is 0.872. The molecule has 1 fully saturated rings. The van der Waals surface area contributed by atoms with E-state index in [0.717, 1.165) is 37.5 Å². The molecule has 1 aromatic rings. The van der Waals surface area contributed by atoms with E-state index in [0.29, 0.717) is 13.0 Å². The number of rotatable bonds is 4. The minimum atomic E-state index is -0.424. The summed E-state index contributed by atoms with van der Waals surface area (Å²) in [6.07, 6.45) is 4.62. The van der Waals surface area contributed by atoms with Gasteiger partial charge in [0.25, 0.3) is 0 Å². The predicted molar refractivity (Wildman–Crippen MR) is 78.8 cm³/mol. The van der Waals surface area contributed by atoms with E-state index in [1.54, 1.807) is 7.05 Å². The second kappa shape index (κ2) is 6.20. The van der Waals surface area contributed by atoms with Gasteiger partial charge in [0.15, 0.2) is 0 Å². The molecule has 0 spiro atoms. The number of β-amino-alcohol motifs (C(OH)–C–C–N with tert-alkyl or cyclic N) is 1. The van der Waals surface area contributed by atoms with Crippen molar-refractivity contribution in [3.8, 4) is 0 Å². The molecule has 1 aromatic heterocycles. The lowest BCUT2D eigenvalue weighted by molar-refractivity contribution is -0.122. The fraction of sp³-hybridized carbons (Fsp3) is 0.688. The third kappa shape index (κ3) is 3.30. The number of carbonyl (C=O) groups excluding carboxylic acids is 1. The average molecular weight is 292 g/mol. The van der Waals surface area contributed by atoms with E-state index >= 15 is 0 Å². The average Bonchev–Trinajstić information content (AvgIpc) is 3.02. The van der Waals surface area contributed by atoms with Crippen LogP contribution in [0.5, 0.6) is 0 Å². The van der Waals surface area contributed by atoms with Crippen molar-refractivity contribution in [3.05, 3.63) is 23.2 Å². The highest BCUT2D eigenvalue weighted by Gasteiger charge is 2.33. The van der Waals surface area contributed by atoms with E-state index in [2.05, 4.69) is 16.3 Å². The number of aryl methyl sites for hydroxylation is 2. The molecule has 21 heavy (non-hydrogen) atoms. The highest BCUT2D eigenvalue weighted by atomic mass is 16.3. The van der Waals surface area contributed by atoms with Gasteiger partial charge < -0.3 is 14.8 Å². The molecule has 0 saturated carbocycles. The molecule has 1 amide bonds. The molecule has 2 aliphatic rings. The first-order chi connectivity index (χ1) is 10.2. The molecule has 0 unspecified atom stereocenters. The molecule has 0 bridgehead atoms. The van der Waals surface area contributed by atoms with Crippen LogP contribution in [0.25, 0.3) is 0 Å². The van der Waals surface area contributed by atoms with Gasteiger partial charge in [-0.05, 0) is 30.9 Å². The van der Waals surface area contributed by atoms with Gasteiger partial charge in [-0.3, -0.25) is 9.69 Å². The molecule has 5 nitrogen and oxygen atoms in total. The van der Waals surface area contributed by atoms with Crippen LogP contribution in [-0.2, 0) is 24.2 Å². The van der Waals surface area contributed by atoms with Crippen LogP contribution in [0.3, 0.4) is 0 Å². The zero-order valence-electron chi connectivity index (χ0n) is 12.6. The molecule has 2 N–H and O–H groups in total. The number of aliphatic hydroxyl groups is 1. The van der Waals surface area contributed by atoms with E-state index in [1.165, 1.54) is 18.4 Å². The van der Waals surface area contributed by atoms with Crippen LogP contribution >= 0.6 is 0 Å². The van der Waals surface area contributed by atoms with Crippen molar-refractivity contribution in [2.45, 2.75) is 44.8 Å². The van der Waals surface area contributed by atoms with E-state index in [4.69, 9.17) is 4.42 Å². The van der Waals surface area contributed by atoms with E-state index in [1.807, 2.05) is 0 Å². The number of nitrogens with zero attached hydrogens (tertiary/aromatic N) is 1. The summed E-state index contributed by atoms with van der Waals surface area (Å²) in [4.78, 5) is 13.6. The Morgan fingerprint density at radius 2 is 2.24 bits per heavy atom. The molecule has 116 valence electrons. The number of aliphatic hydroxyl groups excluding tert-OH is 1. The summed E-state index contributed by atoms with van der Waals surface area (Å²) in [5.41, 5.74) is 1.36. The Kier molecular flexibility index (Phi) is 4.31. The van der Waals surface area contributed by atoms with Gasteiger partial charge in [-0.2, -0.15) is 0 Å². The second-order valence-electron chi connectivity index (χ2n) is 6.27. The van der Waals surface area contributed by atoms with E-state index < -0.39 is 6.10 Å². The minimum Gasteiger partial charge on any atom is -0.464 e. The van der Waals surface area contributed by atoms with Crippen LogP contribution in [0.15, 0.2) is 10.5 Å². The summed E-state index contributed by atoms with van der Waals surface area (Å²) in [6, 6.07) is 2.17. The Balaban J connectivity index is 1.58. The number of amides is 1. The van der Waals surface area contributed by atoms with Crippen molar-refractivity contribution in [1.29, 1.82) is 0 Å². The zero-order chi connectivity index (χ0) is 14.8. The fourth-order valence-electron chi connectivity index (χ4n) is 3.46. The Morgan fingerprint density at radius 1 is 1.43 bits per heavy atom. The first-order valence-electron chi connectivity index (χ1n) is 7.87. The van der Waals surface area contributed by atoms with Crippen LogP contribution in [-0.4, -0.2) is 42.2 Å². The number of likely N-dealkylation sites (tertiary alicyclic amines) is 1. The topological polar surface area (TPSA) is 65.7 Å². The van der Waals surface area contributed by atoms with Crippen LogP contribution in [0, 0.1) is 5.92 Å². The maximum absolute atomic E-state index is 11.5. The van der Waals surface area contributed by atoms with Crippen molar-refractivity contribution in [3.63, 3.8) is 0 Å². The van der Waals surface area contributed by atoms with E-state index in [9.17, 15) is 9.90 Å². The summed E-state index contributed by atoms with van der Waals surface area (Å²) in [5.74, 6) is 2.16. The zero-order valence-corrected chi connectivity index (χ0v) is 12.6. The highest BCUT2D eigenvalue weighted by Crippen LogP contribution is 2.27. The van der Waals surface area contributed by atoms with Crippen molar-refractivity contribution in [2.24, 2.45) is 5.92 Å². The van der Waals surface area contributed by atoms with Gasteiger partial charge in [0.05, 0.1) is 12.6 Å². The predicted octanol–water partition coefficient (Wildman–Crippen LogP) is 1.09. The second-order valence-corrected chi connectivity index (χ2v) is 6.27. The Hall–Kier alpha value is -1.33. The number of nitrogens with one attached hydrogen (secondary N) is 1. The van der Waals surface area contributed by atoms with Crippen molar-refractivity contribution >= 4 is 5.91 Å². The Labute approximate surface area is 125 Å². The number of carbonyl (C=O) groups is 1. The smallest absolute Gasteiger partial charge is 0.220 e. The first-order valence-corrected chi connectivity index (χ1v) is 7.87. The molecule has 1 aliphatic heterocycles. The van der Waals surface area contributed by atoms with Gasteiger partial charge in [-0.1, -0.05) is 0 Å². The largest absolute Gasteiger partial charge is 0.464 e. The van der Waals surface area contributed by atoms with Gasteiger partial charge in [0.2, 0.25) is 5.91 Å². The number of hydrogen-bond donors (Lipinski definition) is 2. The lowest BCUT2D eigenvalue weighted by atomic mass is 9.99. The number of fused-ring (bicyclic) bond motifs is 1. The molecule has 2 atom stereocenters. The Bertz CT molecular complexity index is 488. The maximum Gasteiger partial charge on any atom is 0.220 e.